The molecule has 0 saturated carbocycles. The molecule has 35 heavy (non-hydrogen) atoms. The standard InChI is InChI=1S/C27H29FN4O3/c1-18-6-8-19(9-7-18)24-15-32-17-30-25(23(32)16-35-24)27(34)31-12-10-20(11-13-31)26(33)29-14-21-4-2-3-5-22(21)28/h2-9,17,20,24H,10-16H2,1H3,(H,29,33)/t24-/m1/s1. The fraction of sp³-hybridized carbons (Fsp3) is 0.370. The number of nitrogens with one attached hydrogen (secondary N) is 1. The number of amides is 2. The number of benzene rings is 2. The number of hydrogen-bond donors (Lipinski definition) is 1. The first-order valence-corrected chi connectivity index (χ1v) is 12.0. The molecule has 0 bridgehead atoms. The molecule has 2 aromatic carbocycles. The average molecular weight is 477 g/mol. The molecule has 0 unspecified atom stereocenters. The van der Waals surface area contributed by atoms with E-state index in [4.69, 9.17) is 4.74 Å². The van der Waals surface area contributed by atoms with Crippen LogP contribution in [0.1, 0.15) is 51.8 Å². The molecule has 3 aromatic rings. The molecule has 1 atom stereocenters. The Morgan fingerprint density at radius 1 is 1.11 bits per heavy atom. The fourth-order valence-electron chi connectivity index (χ4n) is 4.75. The maximum Gasteiger partial charge on any atom is 0.274 e. The monoisotopic (exact) mass is 476 g/mol. The lowest BCUT2D eigenvalue weighted by Gasteiger charge is -2.31. The predicted octanol–water partition coefficient (Wildman–Crippen LogP) is 3.77. The van der Waals surface area contributed by atoms with Crippen molar-refractivity contribution in [2.45, 2.75) is 45.6 Å². The Labute approximate surface area is 203 Å². The van der Waals surface area contributed by atoms with Crippen molar-refractivity contribution in [3.63, 3.8) is 0 Å². The average Bonchev–Trinajstić information content (AvgIpc) is 3.31. The third kappa shape index (κ3) is 4.98. The van der Waals surface area contributed by atoms with Crippen molar-refractivity contribution < 1.29 is 18.7 Å². The van der Waals surface area contributed by atoms with Crippen LogP contribution in [0.15, 0.2) is 54.9 Å². The van der Waals surface area contributed by atoms with Crippen molar-refractivity contribution in [3.8, 4) is 0 Å². The van der Waals surface area contributed by atoms with Crippen LogP contribution in [0.5, 0.6) is 0 Å². The summed E-state index contributed by atoms with van der Waals surface area (Å²) in [6.45, 7) is 4.12. The number of rotatable bonds is 5. The molecule has 5 rings (SSSR count). The van der Waals surface area contributed by atoms with Crippen LogP contribution in [0.25, 0.3) is 0 Å². The van der Waals surface area contributed by atoms with Gasteiger partial charge in [-0.25, -0.2) is 9.37 Å². The number of halogens is 1. The van der Waals surface area contributed by atoms with E-state index in [1.807, 2.05) is 4.57 Å². The molecular weight excluding hydrogens is 447 g/mol. The van der Waals surface area contributed by atoms with Crippen LogP contribution in [0.2, 0.25) is 0 Å². The molecular formula is C27H29FN4O3. The van der Waals surface area contributed by atoms with Gasteiger partial charge in [-0.05, 0) is 31.4 Å². The Kier molecular flexibility index (Phi) is 6.63. The lowest BCUT2D eigenvalue weighted by molar-refractivity contribution is -0.126. The quantitative estimate of drug-likeness (QED) is 0.608. The Hall–Kier alpha value is -3.52. The number of hydrogen-bond acceptors (Lipinski definition) is 4. The number of carbonyl (C=O) groups is 2. The number of aromatic nitrogens is 2. The molecule has 7 nitrogen and oxygen atoms in total. The van der Waals surface area contributed by atoms with Gasteiger partial charge >= 0.3 is 0 Å². The van der Waals surface area contributed by atoms with Crippen molar-refractivity contribution in [2.75, 3.05) is 13.1 Å². The zero-order valence-electron chi connectivity index (χ0n) is 19.7. The second kappa shape index (κ2) is 10.00. The van der Waals surface area contributed by atoms with Gasteiger partial charge in [0.1, 0.15) is 11.9 Å². The highest BCUT2D eigenvalue weighted by Crippen LogP contribution is 2.29. The zero-order valence-corrected chi connectivity index (χ0v) is 19.7. The largest absolute Gasteiger partial charge is 0.365 e. The highest BCUT2D eigenvalue weighted by Gasteiger charge is 2.32. The molecule has 0 spiro atoms. The third-order valence-corrected chi connectivity index (χ3v) is 6.95. The number of aryl methyl sites for hydroxylation is 1. The molecule has 1 saturated heterocycles. The van der Waals surface area contributed by atoms with Crippen LogP contribution in [-0.2, 0) is 29.2 Å². The highest BCUT2D eigenvalue weighted by molar-refractivity contribution is 5.93. The molecule has 1 fully saturated rings. The van der Waals surface area contributed by atoms with Crippen LogP contribution in [0, 0.1) is 18.7 Å². The first-order valence-electron chi connectivity index (χ1n) is 12.0. The van der Waals surface area contributed by atoms with Crippen molar-refractivity contribution in [3.05, 3.63) is 88.8 Å². The van der Waals surface area contributed by atoms with Gasteiger partial charge < -0.3 is 19.5 Å². The third-order valence-electron chi connectivity index (χ3n) is 6.95. The summed E-state index contributed by atoms with van der Waals surface area (Å²) in [6.07, 6.45) is 2.78. The number of nitrogens with zero attached hydrogens (tertiary/aromatic N) is 3. The minimum Gasteiger partial charge on any atom is -0.365 e. The topological polar surface area (TPSA) is 76.5 Å². The number of imidazole rings is 1. The molecule has 1 N–H and O–H groups in total. The van der Waals surface area contributed by atoms with Gasteiger partial charge in [-0.15, -0.1) is 0 Å². The number of likely N-dealkylation sites (tertiary alicyclic amines) is 1. The Bertz CT molecular complexity index is 1220. The van der Waals surface area contributed by atoms with Gasteiger partial charge in [0.05, 0.1) is 25.2 Å². The zero-order chi connectivity index (χ0) is 24.4. The molecule has 0 radical (unpaired) electrons. The van der Waals surface area contributed by atoms with Gasteiger partial charge in [-0.3, -0.25) is 9.59 Å². The van der Waals surface area contributed by atoms with E-state index in [-0.39, 0.29) is 36.2 Å². The van der Waals surface area contributed by atoms with Crippen molar-refractivity contribution >= 4 is 11.8 Å². The lowest BCUT2D eigenvalue weighted by atomic mass is 9.95. The molecule has 2 aliphatic rings. The van der Waals surface area contributed by atoms with E-state index in [1.165, 1.54) is 11.6 Å². The van der Waals surface area contributed by atoms with Crippen LogP contribution in [0.3, 0.4) is 0 Å². The first-order chi connectivity index (χ1) is 17.0. The lowest BCUT2D eigenvalue weighted by Crippen LogP contribution is -2.43. The van der Waals surface area contributed by atoms with Crippen molar-refractivity contribution in [2.24, 2.45) is 5.92 Å². The number of fused-ring (bicyclic) bond motifs is 1. The maximum atomic E-state index is 13.8. The van der Waals surface area contributed by atoms with Gasteiger partial charge in [0.25, 0.3) is 5.91 Å². The van der Waals surface area contributed by atoms with Gasteiger partial charge in [-0.2, -0.15) is 0 Å². The van der Waals surface area contributed by atoms with Crippen molar-refractivity contribution in [1.82, 2.24) is 19.8 Å². The molecule has 182 valence electrons. The van der Waals surface area contributed by atoms with Crippen LogP contribution >= 0.6 is 0 Å². The summed E-state index contributed by atoms with van der Waals surface area (Å²) in [7, 11) is 0. The highest BCUT2D eigenvalue weighted by atomic mass is 19.1. The first kappa shape index (κ1) is 23.2. The van der Waals surface area contributed by atoms with Gasteiger partial charge in [0.15, 0.2) is 5.69 Å². The van der Waals surface area contributed by atoms with Gasteiger partial charge in [0.2, 0.25) is 5.91 Å². The van der Waals surface area contributed by atoms with E-state index < -0.39 is 0 Å². The molecule has 0 aliphatic carbocycles. The van der Waals surface area contributed by atoms with E-state index in [2.05, 4.69) is 41.5 Å². The van der Waals surface area contributed by atoms with E-state index in [0.29, 0.717) is 50.3 Å². The summed E-state index contributed by atoms with van der Waals surface area (Å²) in [5.74, 6) is -0.747. The number of piperidine rings is 1. The molecule has 1 aromatic heterocycles. The molecule has 3 heterocycles. The van der Waals surface area contributed by atoms with Gasteiger partial charge in [0, 0.05) is 31.1 Å². The number of carbonyl (C=O) groups excluding carboxylic acids is 2. The number of ether oxygens (including phenoxy) is 1. The summed E-state index contributed by atoms with van der Waals surface area (Å²) in [6, 6.07) is 14.7. The molecule has 2 aliphatic heterocycles. The van der Waals surface area contributed by atoms with E-state index in [9.17, 15) is 14.0 Å². The Balaban J connectivity index is 1.16. The van der Waals surface area contributed by atoms with E-state index >= 15 is 0 Å². The van der Waals surface area contributed by atoms with E-state index in [0.717, 1.165) is 11.3 Å². The smallest absolute Gasteiger partial charge is 0.274 e. The minimum absolute atomic E-state index is 0.0705. The van der Waals surface area contributed by atoms with Crippen LogP contribution < -0.4 is 5.32 Å². The predicted molar refractivity (Wildman–Crippen MR) is 128 cm³/mol. The SMILES string of the molecule is Cc1ccc([C@H]2Cn3cnc(C(=O)N4CCC(C(=O)NCc5ccccc5F)CC4)c3CO2)cc1. The summed E-state index contributed by atoms with van der Waals surface area (Å²) < 4.78 is 21.9. The summed E-state index contributed by atoms with van der Waals surface area (Å²) >= 11 is 0. The maximum absolute atomic E-state index is 13.8. The summed E-state index contributed by atoms with van der Waals surface area (Å²) in [5.41, 5.74) is 3.99. The Morgan fingerprint density at radius 3 is 2.60 bits per heavy atom. The Morgan fingerprint density at radius 2 is 1.86 bits per heavy atom. The summed E-state index contributed by atoms with van der Waals surface area (Å²) in [4.78, 5) is 32.0. The molecule has 2 amide bonds. The second-order valence-corrected chi connectivity index (χ2v) is 9.28. The fourth-order valence-corrected chi connectivity index (χ4v) is 4.75. The second-order valence-electron chi connectivity index (χ2n) is 9.28. The van der Waals surface area contributed by atoms with Gasteiger partial charge in [-0.1, -0.05) is 48.0 Å². The molecule has 8 heteroatoms. The van der Waals surface area contributed by atoms with Crippen LogP contribution in [0.4, 0.5) is 4.39 Å². The van der Waals surface area contributed by atoms with E-state index in [1.54, 1.807) is 29.4 Å². The van der Waals surface area contributed by atoms with Crippen LogP contribution in [-0.4, -0.2) is 39.4 Å². The normalized spacial score (nSPS) is 18.2. The summed E-state index contributed by atoms with van der Waals surface area (Å²) in [5, 5.41) is 2.83. The minimum atomic E-state index is -0.328. The van der Waals surface area contributed by atoms with Crippen molar-refractivity contribution in [1.29, 1.82) is 0 Å².